The van der Waals surface area contributed by atoms with E-state index in [1.54, 1.807) is 0 Å². The molecule has 1 rings (SSSR count). The molecular formula is C13H29NO2. The van der Waals surface area contributed by atoms with Crippen molar-refractivity contribution in [3.05, 3.63) is 0 Å². The summed E-state index contributed by atoms with van der Waals surface area (Å²) in [5, 5.41) is 13.0. The average Bonchev–Trinajstić information content (AvgIpc) is 1.98. The number of aliphatic hydroxyl groups is 1. The normalized spacial score (nSPS) is 23.4. The van der Waals surface area contributed by atoms with E-state index in [4.69, 9.17) is 4.74 Å². The van der Waals surface area contributed by atoms with Crippen molar-refractivity contribution in [3.63, 3.8) is 0 Å². The summed E-state index contributed by atoms with van der Waals surface area (Å²) in [6.07, 6.45) is 1.58. The van der Waals surface area contributed by atoms with Gasteiger partial charge in [-0.2, -0.15) is 0 Å². The molecule has 0 radical (unpaired) electrons. The van der Waals surface area contributed by atoms with Gasteiger partial charge in [-0.15, -0.1) is 0 Å². The molecule has 1 aliphatic rings. The second-order valence-electron chi connectivity index (χ2n) is 5.74. The molecule has 3 nitrogen and oxygen atoms in total. The van der Waals surface area contributed by atoms with Gasteiger partial charge in [0.15, 0.2) is 0 Å². The van der Waals surface area contributed by atoms with Gasteiger partial charge in [-0.1, -0.05) is 0 Å². The molecule has 0 spiro atoms. The van der Waals surface area contributed by atoms with E-state index in [1.165, 1.54) is 0 Å². The number of nitrogens with one attached hydrogen (secondary N) is 1. The van der Waals surface area contributed by atoms with Crippen LogP contribution in [0.4, 0.5) is 0 Å². The maximum Gasteiger partial charge on any atom is 0.0575 e. The number of rotatable bonds is 2. The van der Waals surface area contributed by atoms with Gasteiger partial charge >= 0.3 is 0 Å². The Morgan fingerprint density at radius 2 is 1.44 bits per heavy atom. The predicted octanol–water partition coefficient (Wildman–Crippen LogP) is 2.33. The molecule has 0 amide bonds. The fraction of sp³-hybridized carbons (Fsp3) is 1.00. The summed E-state index contributed by atoms with van der Waals surface area (Å²) in [4.78, 5) is 0. The number of hydrogen-bond acceptors (Lipinski definition) is 3. The SMILES string of the molecule is CC1(C)CC(O)CC(C)(C)N1.CCOCC. The summed E-state index contributed by atoms with van der Waals surface area (Å²) < 4.78 is 4.83. The highest BCUT2D eigenvalue weighted by molar-refractivity contribution is 4.96. The van der Waals surface area contributed by atoms with Crippen LogP contribution < -0.4 is 5.32 Å². The molecule has 1 saturated heterocycles. The minimum absolute atomic E-state index is 0.0845. The van der Waals surface area contributed by atoms with Crippen molar-refractivity contribution in [2.75, 3.05) is 13.2 Å². The minimum Gasteiger partial charge on any atom is -0.393 e. The molecule has 0 aromatic heterocycles. The summed E-state index contributed by atoms with van der Waals surface area (Å²) in [5.41, 5.74) is 0.169. The van der Waals surface area contributed by atoms with Crippen LogP contribution in [0.3, 0.4) is 0 Å². The molecule has 0 atom stereocenters. The molecule has 0 bridgehead atoms. The standard InChI is InChI=1S/C9H19NO.C4H10O/c1-8(2)5-7(11)6-9(3,4)10-8;1-3-5-4-2/h7,10-11H,5-6H2,1-4H3;3-4H2,1-2H3. The first kappa shape index (κ1) is 15.9. The van der Waals surface area contributed by atoms with E-state index in [0.29, 0.717) is 0 Å². The first-order chi connectivity index (χ1) is 7.22. The predicted molar refractivity (Wildman–Crippen MR) is 68.7 cm³/mol. The topological polar surface area (TPSA) is 41.5 Å². The average molecular weight is 231 g/mol. The van der Waals surface area contributed by atoms with E-state index < -0.39 is 0 Å². The van der Waals surface area contributed by atoms with Crippen molar-refractivity contribution in [3.8, 4) is 0 Å². The van der Waals surface area contributed by atoms with Gasteiger partial charge in [0.2, 0.25) is 0 Å². The van der Waals surface area contributed by atoms with Crippen LogP contribution in [0, 0.1) is 0 Å². The van der Waals surface area contributed by atoms with Gasteiger partial charge in [0, 0.05) is 24.3 Å². The first-order valence-electron chi connectivity index (χ1n) is 6.27. The van der Waals surface area contributed by atoms with Gasteiger partial charge < -0.3 is 15.2 Å². The van der Waals surface area contributed by atoms with Crippen LogP contribution in [0.25, 0.3) is 0 Å². The van der Waals surface area contributed by atoms with E-state index in [1.807, 2.05) is 13.8 Å². The van der Waals surface area contributed by atoms with E-state index in [9.17, 15) is 5.11 Å². The van der Waals surface area contributed by atoms with Gasteiger partial charge in [-0.05, 0) is 54.4 Å². The molecule has 0 aromatic carbocycles. The van der Waals surface area contributed by atoms with Crippen molar-refractivity contribution in [1.82, 2.24) is 5.32 Å². The third-order valence-electron chi connectivity index (χ3n) is 2.58. The van der Waals surface area contributed by atoms with Crippen LogP contribution >= 0.6 is 0 Å². The second kappa shape index (κ2) is 6.58. The Bertz CT molecular complexity index is 172. The Labute approximate surface area is 101 Å². The number of piperidine rings is 1. The Kier molecular flexibility index (Phi) is 6.53. The summed E-state index contributed by atoms with van der Waals surface area (Å²) in [6, 6.07) is 0. The van der Waals surface area contributed by atoms with E-state index in [2.05, 4.69) is 33.0 Å². The van der Waals surface area contributed by atoms with E-state index in [-0.39, 0.29) is 17.2 Å². The van der Waals surface area contributed by atoms with Gasteiger partial charge in [0.25, 0.3) is 0 Å². The zero-order chi connectivity index (χ0) is 12.8. The van der Waals surface area contributed by atoms with Gasteiger partial charge in [0.1, 0.15) is 0 Å². The summed E-state index contributed by atoms with van der Waals surface area (Å²) in [7, 11) is 0. The van der Waals surface area contributed by atoms with Crippen LogP contribution in [0.2, 0.25) is 0 Å². The Balaban J connectivity index is 0.000000385. The Morgan fingerprint density at radius 3 is 1.62 bits per heavy atom. The lowest BCUT2D eigenvalue weighted by Crippen LogP contribution is -2.59. The Morgan fingerprint density at radius 1 is 1.06 bits per heavy atom. The maximum atomic E-state index is 9.54. The molecule has 0 aliphatic carbocycles. The lowest BCUT2D eigenvalue weighted by Gasteiger charge is -2.44. The van der Waals surface area contributed by atoms with Crippen LogP contribution in [0.5, 0.6) is 0 Å². The number of hydrogen-bond donors (Lipinski definition) is 2. The second-order valence-corrected chi connectivity index (χ2v) is 5.74. The zero-order valence-electron chi connectivity index (χ0n) is 11.8. The third-order valence-corrected chi connectivity index (χ3v) is 2.58. The van der Waals surface area contributed by atoms with Crippen LogP contribution in [-0.4, -0.2) is 35.5 Å². The fourth-order valence-electron chi connectivity index (χ4n) is 2.47. The summed E-state index contributed by atoms with van der Waals surface area (Å²) in [6.45, 7) is 14.2. The molecular weight excluding hydrogens is 202 g/mol. The van der Waals surface area contributed by atoms with Crippen LogP contribution in [0.1, 0.15) is 54.4 Å². The highest BCUT2D eigenvalue weighted by Crippen LogP contribution is 2.27. The molecule has 98 valence electrons. The molecule has 2 N–H and O–H groups in total. The van der Waals surface area contributed by atoms with E-state index in [0.717, 1.165) is 26.1 Å². The monoisotopic (exact) mass is 231 g/mol. The number of aliphatic hydroxyl groups excluding tert-OH is 1. The van der Waals surface area contributed by atoms with Gasteiger partial charge in [0.05, 0.1) is 6.10 Å². The first-order valence-corrected chi connectivity index (χ1v) is 6.27. The Hall–Kier alpha value is -0.120. The van der Waals surface area contributed by atoms with E-state index >= 15 is 0 Å². The number of ether oxygens (including phenoxy) is 1. The molecule has 0 saturated carbocycles. The van der Waals surface area contributed by atoms with Crippen LogP contribution in [0.15, 0.2) is 0 Å². The molecule has 1 aliphatic heterocycles. The summed E-state index contributed by atoms with van der Waals surface area (Å²) in [5.74, 6) is 0. The van der Waals surface area contributed by atoms with Crippen molar-refractivity contribution >= 4 is 0 Å². The molecule has 0 aromatic rings. The molecule has 16 heavy (non-hydrogen) atoms. The van der Waals surface area contributed by atoms with Crippen molar-refractivity contribution in [2.24, 2.45) is 0 Å². The fourth-order valence-corrected chi connectivity index (χ4v) is 2.47. The quantitative estimate of drug-likeness (QED) is 0.766. The van der Waals surface area contributed by atoms with Crippen LogP contribution in [-0.2, 0) is 4.74 Å². The van der Waals surface area contributed by atoms with Gasteiger partial charge in [-0.25, -0.2) is 0 Å². The third kappa shape index (κ3) is 7.20. The smallest absolute Gasteiger partial charge is 0.0575 e. The molecule has 3 heteroatoms. The molecule has 1 fully saturated rings. The minimum atomic E-state index is -0.138. The maximum absolute atomic E-state index is 9.54. The van der Waals surface area contributed by atoms with Crippen molar-refractivity contribution in [2.45, 2.75) is 71.6 Å². The molecule has 0 unspecified atom stereocenters. The summed E-state index contributed by atoms with van der Waals surface area (Å²) >= 11 is 0. The largest absolute Gasteiger partial charge is 0.393 e. The van der Waals surface area contributed by atoms with Crippen molar-refractivity contribution in [1.29, 1.82) is 0 Å². The van der Waals surface area contributed by atoms with Crippen molar-refractivity contribution < 1.29 is 9.84 Å². The highest BCUT2D eigenvalue weighted by atomic mass is 16.5. The lowest BCUT2D eigenvalue weighted by molar-refractivity contribution is 0.0396. The lowest BCUT2D eigenvalue weighted by atomic mass is 9.81. The zero-order valence-corrected chi connectivity index (χ0v) is 11.8. The highest BCUT2D eigenvalue weighted by Gasteiger charge is 2.36. The van der Waals surface area contributed by atoms with Gasteiger partial charge in [-0.3, -0.25) is 0 Å². The molecule has 1 heterocycles.